The van der Waals surface area contributed by atoms with E-state index in [-0.39, 0.29) is 29.8 Å². The number of aliphatic hydroxyl groups excluding tert-OH is 1. The summed E-state index contributed by atoms with van der Waals surface area (Å²) in [7, 11) is 0. The largest absolute Gasteiger partial charge is 0.447 e. The van der Waals surface area contributed by atoms with E-state index in [0.29, 0.717) is 51.9 Å². The van der Waals surface area contributed by atoms with Crippen molar-refractivity contribution in [2.45, 2.75) is 64.5 Å². The van der Waals surface area contributed by atoms with E-state index in [4.69, 9.17) is 14.7 Å². The number of ether oxygens (including phenoxy) is 1. The Morgan fingerprint density at radius 1 is 1.25 bits per heavy atom. The number of hydrogen-bond acceptors (Lipinski definition) is 7. The Labute approximate surface area is 184 Å². The summed E-state index contributed by atoms with van der Waals surface area (Å²) in [5.41, 5.74) is -0.500. The minimum atomic E-state index is -4.65. The fourth-order valence-electron chi connectivity index (χ4n) is 3.59. The predicted molar refractivity (Wildman–Crippen MR) is 108 cm³/mol. The van der Waals surface area contributed by atoms with E-state index in [1.54, 1.807) is 9.80 Å². The summed E-state index contributed by atoms with van der Waals surface area (Å²) in [5.74, 6) is -0.00449. The maximum Gasteiger partial charge on any atom is 0.433 e. The molecular weight excluding hydrogens is 431 g/mol. The summed E-state index contributed by atoms with van der Waals surface area (Å²) in [6.45, 7) is 4.86. The molecule has 0 spiro atoms. The number of aromatic nitrogens is 2. The zero-order chi connectivity index (χ0) is 23.3. The summed E-state index contributed by atoms with van der Waals surface area (Å²) in [4.78, 5) is 28.7. The van der Waals surface area contributed by atoms with Crippen LogP contribution >= 0.6 is 0 Å². The van der Waals surface area contributed by atoms with Gasteiger partial charge >= 0.3 is 12.3 Å². The maximum absolute atomic E-state index is 13.2. The summed E-state index contributed by atoms with van der Waals surface area (Å²) in [6, 6.07) is 0. The van der Waals surface area contributed by atoms with Crippen molar-refractivity contribution in [1.82, 2.24) is 14.9 Å². The van der Waals surface area contributed by atoms with Gasteiger partial charge in [-0.05, 0) is 19.0 Å². The molecule has 2 N–H and O–H groups in total. The van der Waals surface area contributed by atoms with Crippen molar-refractivity contribution in [2.24, 2.45) is 0 Å². The molecule has 0 bridgehead atoms. The van der Waals surface area contributed by atoms with Crippen LogP contribution in [-0.4, -0.2) is 70.2 Å². The van der Waals surface area contributed by atoms with Crippen molar-refractivity contribution in [3.63, 3.8) is 0 Å². The SMILES string of the molecule is CC(C)OC(=O)N1CCC(O[NH+]=C2CCN(c3ncc(CO)c(C(F)(F)F)n3)CC2)CC1. The molecule has 32 heavy (non-hydrogen) atoms. The highest BCUT2D eigenvalue weighted by Gasteiger charge is 2.37. The molecule has 3 rings (SSSR count). The lowest BCUT2D eigenvalue weighted by molar-refractivity contribution is -0.766. The molecule has 0 atom stereocenters. The smallest absolute Gasteiger partial charge is 0.433 e. The van der Waals surface area contributed by atoms with Gasteiger partial charge in [0.05, 0.1) is 25.6 Å². The molecule has 9 nitrogen and oxygen atoms in total. The van der Waals surface area contributed by atoms with Crippen molar-refractivity contribution in [3.8, 4) is 0 Å². The molecular formula is C20H29F3N5O4+. The number of piperidine rings is 2. The molecule has 0 radical (unpaired) electrons. The van der Waals surface area contributed by atoms with Gasteiger partial charge < -0.3 is 19.6 Å². The van der Waals surface area contributed by atoms with E-state index >= 15 is 0 Å². The van der Waals surface area contributed by atoms with Crippen molar-refractivity contribution < 1.29 is 37.8 Å². The zero-order valence-corrected chi connectivity index (χ0v) is 18.2. The number of carbonyl (C=O) groups is 1. The lowest BCUT2D eigenvalue weighted by Crippen LogP contribution is -2.75. The first-order chi connectivity index (χ1) is 15.2. The van der Waals surface area contributed by atoms with Gasteiger partial charge in [0.2, 0.25) is 11.7 Å². The molecule has 0 aromatic carbocycles. The van der Waals surface area contributed by atoms with Gasteiger partial charge in [0.1, 0.15) is 0 Å². The first-order valence-electron chi connectivity index (χ1n) is 10.7. The molecule has 178 valence electrons. The molecule has 1 amide bonds. The fraction of sp³-hybridized carbons (Fsp3) is 0.700. The standard InChI is InChI=1S/C20H28F3N5O4/c1-13(2)31-19(30)28-9-5-16(6-10-28)32-26-15-3-7-27(8-4-15)18-24-11-14(12-29)17(25-18)20(21,22)23/h11,13,16,29H,3-10,12H2,1-2H3/p+1. The van der Waals surface area contributed by atoms with E-state index in [0.717, 1.165) is 11.9 Å². The third-order valence-corrected chi connectivity index (χ3v) is 5.35. The molecule has 3 heterocycles. The Hall–Kier alpha value is -2.63. The van der Waals surface area contributed by atoms with Gasteiger partial charge in [0, 0.05) is 50.8 Å². The van der Waals surface area contributed by atoms with Gasteiger partial charge in [0.15, 0.2) is 11.8 Å². The van der Waals surface area contributed by atoms with E-state index in [1.807, 2.05) is 13.8 Å². The number of carbonyl (C=O) groups excluding carboxylic acids is 1. The summed E-state index contributed by atoms with van der Waals surface area (Å²) < 4.78 is 44.7. The van der Waals surface area contributed by atoms with Crippen LogP contribution < -0.4 is 10.1 Å². The number of halogens is 3. The topological polar surface area (TPSA) is 102 Å². The molecule has 0 aliphatic carbocycles. The number of anilines is 1. The average molecular weight is 460 g/mol. The number of hydrogen-bond donors (Lipinski definition) is 2. The monoisotopic (exact) mass is 460 g/mol. The second-order valence-corrected chi connectivity index (χ2v) is 8.13. The molecule has 1 aromatic rings. The minimum Gasteiger partial charge on any atom is -0.447 e. The van der Waals surface area contributed by atoms with Crippen LogP contribution in [0.5, 0.6) is 0 Å². The van der Waals surface area contributed by atoms with E-state index < -0.39 is 18.5 Å². The third kappa shape index (κ3) is 6.21. The highest BCUT2D eigenvalue weighted by molar-refractivity contribution is 5.81. The Balaban J connectivity index is 1.49. The molecule has 12 heteroatoms. The number of likely N-dealkylation sites (tertiary alicyclic amines) is 1. The first-order valence-corrected chi connectivity index (χ1v) is 10.7. The molecule has 2 aliphatic heterocycles. The number of nitrogens with zero attached hydrogens (tertiary/aromatic N) is 4. The lowest BCUT2D eigenvalue weighted by atomic mass is 10.1. The maximum atomic E-state index is 13.2. The minimum absolute atomic E-state index is 0.00449. The number of rotatable bonds is 5. The third-order valence-electron chi connectivity index (χ3n) is 5.35. The fourth-order valence-corrected chi connectivity index (χ4v) is 3.59. The van der Waals surface area contributed by atoms with Crippen molar-refractivity contribution in [2.75, 3.05) is 31.1 Å². The average Bonchev–Trinajstić information content (AvgIpc) is 2.77. The molecule has 2 aliphatic rings. The quantitative estimate of drug-likeness (QED) is 0.634. The molecule has 2 fully saturated rings. The van der Waals surface area contributed by atoms with Crippen LogP contribution in [0, 0.1) is 0 Å². The number of nitrogens with one attached hydrogen (secondary N) is 1. The van der Waals surface area contributed by atoms with Crippen LogP contribution in [0.2, 0.25) is 0 Å². The Morgan fingerprint density at radius 2 is 1.91 bits per heavy atom. The molecule has 0 unspecified atom stereocenters. The van der Waals surface area contributed by atoms with Gasteiger partial charge in [-0.15, -0.1) is 0 Å². The van der Waals surface area contributed by atoms with Crippen LogP contribution in [0.15, 0.2) is 6.20 Å². The van der Waals surface area contributed by atoms with Crippen LogP contribution in [0.3, 0.4) is 0 Å². The highest BCUT2D eigenvalue weighted by Crippen LogP contribution is 2.31. The van der Waals surface area contributed by atoms with Gasteiger partial charge in [-0.25, -0.2) is 14.8 Å². The van der Waals surface area contributed by atoms with Gasteiger partial charge in [0.25, 0.3) is 0 Å². The van der Waals surface area contributed by atoms with Crippen LogP contribution in [-0.2, 0) is 22.4 Å². The van der Waals surface area contributed by atoms with E-state index in [1.165, 1.54) is 0 Å². The van der Waals surface area contributed by atoms with E-state index in [9.17, 15) is 18.0 Å². The number of alkyl halides is 3. The molecule has 1 aromatic heterocycles. The Kier molecular flexibility index (Phi) is 7.75. The summed E-state index contributed by atoms with van der Waals surface area (Å²) in [5, 5.41) is 12.1. The predicted octanol–water partition coefficient (Wildman–Crippen LogP) is 1.05. The Morgan fingerprint density at radius 3 is 2.47 bits per heavy atom. The van der Waals surface area contributed by atoms with Crippen molar-refractivity contribution in [1.29, 1.82) is 0 Å². The van der Waals surface area contributed by atoms with Gasteiger partial charge in [-0.2, -0.15) is 13.2 Å². The van der Waals surface area contributed by atoms with Crippen LogP contribution in [0.1, 0.15) is 50.8 Å². The van der Waals surface area contributed by atoms with Crippen molar-refractivity contribution >= 4 is 17.8 Å². The molecule has 0 saturated carbocycles. The second-order valence-electron chi connectivity index (χ2n) is 8.13. The number of aliphatic hydroxyl groups is 1. The first kappa shape index (κ1) is 24.0. The summed E-state index contributed by atoms with van der Waals surface area (Å²) in [6.07, 6.45) is -1.61. The highest BCUT2D eigenvalue weighted by atomic mass is 19.4. The molecule has 2 saturated heterocycles. The number of amides is 1. The van der Waals surface area contributed by atoms with Gasteiger partial charge in [-0.3, -0.25) is 4.84 Å². The van der Waals surface area contributed by atoms with Crippen LogP contribution in [0.4, 0.5) is 23.9 Å². The van der Waals surface area contributed by atoms with Crippen molar-refractivity contribution in [3.05, 3.63) is 17.5 Å². The van der Waals surface area contributed by atoms with Crippen LogP contribution in [0.25, 0.3) is 0 Å². The van der Waals surface area contributed by atoms with E-state index in [2.05, 4.69) is 15.1 Å². The summed E-state index contributed by atoms with van der Waals surface area (Å²) >= 11 is 0. The lowest BCUT2D eigenvalue weighted by Gasteiger charge is -2.29. The zero-order valence-electron chi connectivity index (χ0n) is 18.2. The Bertz CT molecular complexity index is 816. The normalized spacial score (nSPS) is 18.2. The second kappa shape index (κ2) is 10.3. The van der Waals surface area contributed by atoms with Gasteiger partial charge in [-0.1, -0.05) is 0 Å².